The summed E-state index contributed by atoms with van der Waals surface area (Å²) in [5.41, 5.74) is 1.12. The average Bonchev–Trinajstić information content (AvgIpc) is 3.02. The molecule has 0 saturated carbocycles. The van der Waals surface area contributed by atoms with Gasteiger partial charge in [-0.1, -0.05) is 23.7 Å². The Labute approximate surface area is 170 Å². The van der Waals surface area contributed by atoms with E-state index in [2.05, 4.69) is 37.3 Å². The number of guanidine groups is 1. The molecule has 0 saturated heterocycles. The molecule has 25 heavy (non-hydrogen) atoms. The van der Waals surface area contributed by atoms with Crippen molar-refractivity contribution in [2.24, 2.45) is 4.99 Å². The Morgan fingerprint density at radius 1 is 1.20 bits per heavy atom. The number of hydrogen-bond donors (Lipinski definition) is 2. The number of nitrogens with zero attached hydrogens (tertiary/aromatic N) is 4. The lowest BCUT2D eigenvalue weighted by Gasteiger charge is -2.16. The largest absolute Gasteiger partial charge is 0.357 e. The normalized spacial score (nSPS) is 13.8. The first kappa shape index (κ1) is 20.0. The van der Waals surface area contributed by atoms with Crippen molar-refractivity contribution in [1.82, 2.24) is 25.4 Å². The minimum atomic E-state index is 0. The molecule has 136 valence electrons. The van der Waals surface area contributed by atoms with Crippen LogP contribution in [0.4, 0.5) is 0 Å². The molecule has 2 aromatic rings. The highest BCUT2D eigenvalue weighted by Gasteiger charge is 2.15. The summed E-state index contributed by atoms with van der Waals surface area (Å²) < 4.78 is 2.22. The Bertz CT molecular complexity index is 698. The zero-order chi connectivity index (χ0) is 16.8. The third kappa shape index (κ3) is 5.57. The lowest BCUT2D eigenvalue weighted by Crippen LogP contribution is -2.37. The maximum Gasteiger partial charge on any atom is 0.191 e. The van der Waals surface area contributed by atoms with Crippen LogP contribution < -0.4 is 10.6 Å². The molecule has 1 aliphatic heterocycles. The predicted octanol–water partition coefficient (Wildman–Crippen LogP) is 3.14. The summed E-state index contributed by atoms with van der Waals surface area (Å²) in [7, 11) is 0. The van der Waals surface area contributed by atoms with E-state index >= 15 is 0 Å². The Hall–Kier alpha value is -1.35. The Morgan fingerprint density at radius 2 is 2.00 bits per heavy atom. The van der Waals surface area contributed by atoms with Crippen LogP contribution in [0.3, 0.4) is 0 Å². The van der Waals surface area contributed by atoms with Gasteiger partial charge in [0.15, 0.2) is 11.8 Å². The fourth-order valence-corrected chi connectivity index (χ4v) is 2.89. The van der Waals surface area contributed by atoms with Crippen molar-refractivity contribution in [3.63, 3.8) is 0 Å². The van der Waals surface area contributed by atoms with E-state index in [1.807, 2.05) is 24.3 Å². The summed E-state index contributed by atoms with van der Waals surface area (Å²) in [4.78, 5) is 4.62. The van der Waals surface area contributed by atoms with Crippen LogP contribution in [0.1, 0.15) is 37.0 Å². The summed E-state index contributed by atoms with van der Waals surface area (Å²) in [6, 6.07) is 7.75. The van der Waals surface area contributed by atoms with Gasteiger partial charge in [0.25, 0.3) is 0 Å². The van der Waals surface area contributed by atoms with E-state index in [1.165, 1.54) is 12.8 Å². The molecule has 0 atom stereocenters. The third-order valence-electron chi connectivity index (χ3n) is 4.03. The Kier molecular flexibility index (Phi) is 7.95. The lowest BCUT2D eigenvalue weighted by molar-refractivity contribution is 0.504. The fraction of sp³-hybridized carbons (Fsp3) is 0.471. The zero-order valence-electron chi connectivity index (χ0n) is 14.3. The van der Waals surface area contributed by atoms with Crippen LogP contribution in [0.25, 0.3) is 0 Å². The number of halogens is 2. The number of aryl methyl sites for hydroxylation is 1. The van der Waals surface area contributed by atoms with E-state index in [-0.39, 0.29) is 24.0 Å². The first-order chi connectivity index (χ1) is 11.8. The van der Waals surface area contributed by atoms with Crippen LogP contribution in [0.2, 0.25) is 5.02 Å². The van der Waals surface area contributed by atoms with Crippen LogP contribution in [-0.4, -0.2) is 27.3 Å². The van der Waals surface area contributed by atoms with Crippen LogP contribution in [0.15, 0.2) is 29.3 Å². The van der Waals surface area contributed by atoms with Crippen molar-refractivity contribution >= 4 is 41.5 Å². The average molecular weight is 475 g/mol. The van der Waals surface area contributed by atoms with Crippen molar-refractivity contribution in [3.05, 3.63) is 46.5 Å². The molecule has 1 aliphatic rings. The van der Waals surface area contributed by atoms with Crippen molar-refractivity contribution in [1.29, 1.82) is 0 Å². The molecular formula is C17H24ClIN6. The van der Waals surface area contributed by atoms with E-state index < -0.39 is 0 Å². The summed E-state index contributed by atoms with van der Waals surface area (Å²) in [5.74, 6) is 2.85. The first-order valence-corrected chi connectivity index (χ1v) is 8.81. The summed E-state index contributed by atoms with van der Waals surface area (Å²) in [6.07, 6.45) is 3.43. The molecule has 2 heterocycles. The van der Waals surface area contributed by atoms with Crippen LogP contribution in [0, 0.1) is 0 Å². The highest BCUT2D eigenvalue weighted by molar-refractivity contribution is 14.0. The van der Waals surface area contributed by atoms with E-state index in [1.54, 1.807) is 0 Å². The SMILES string of the molecule is CCNC(=NCc1ccc(Cl)cc1)NCc1nnc2n1CCCC2.I. The number of fused-ring (bicyclic) bond motifs is 1. The highest BCUT2D eigenvalue weighted by Crippen LogP contribution is 2.14. The molecule has 6 nitrogen and oxygen atoms in total. The van der Waals surface area contributed by atoms with Gasteiger partial charge in [0.05, 0.1) is 13.1 Å². The van der Waals surface area contributed by atoms with Gasteiger partial charge in [0, 0.05) is 24.5 Å². The zero-order valence-corrected chi connectivity index (χ0v) is 17.4. The van der Waals surface area contributed by atoms with Crippen molar-refractivity contribution in [3.8, 4) is 0 Å². The molecule has 0 amide bonds. The predicted molar refractivity (Wildman–Crippen MR) is 111 cm³/mol. The molecule has 1 aromatic heterocycles. The summed E-state index contributed by atoms with van der Waals surface area (Å²) in [5, 5.41) is 15.9. The number of hydrogen-bond acceptors (Lipinski definition) is 3. The topological polar surface area (TPSA) is 67.1 Å². The maximum atomic E-state index is 5.91. The van der Waals surface area contributed by atoms with E-state index in [0.29, 0.717) is 13.1 Å². The van der Waals surface area contributed by atoms with Crippen LogP contribution >= 0.6 is 35.6 Å². The van der Waals surface area contributed by atoms with E-state index in [9.17, 15) is 0 Å². The standard InChI is InChI=1S/C17H23ClN6.HI/c1-2-19-17(20-11-13-6-8-14(18)9-7-13)21-12-16-23-22-15-5-3-4-10-24(15)16;/h6-9H,2-5,10-12H2,1H3,(H2,19,20,21);1H. The van der Waals surface area contributed by atoms with Gasteiger partial charge in [-0.05, 0) is 37.5 Å². The minimum Gasteiger partial charge on any atom is -0.357 e. The van der Waals surface area contributed by atoms with E-state index in [4.69, 9.17) is 11.6 Å². The van der Waals surface area contributed by atoms with Gasteiger partial charge >= 0.3 is 0 Å². The molecule has 0 spiro atoms. The maximum absolute atomic E-state index is 5.91. The Balaban J connectivity index is 0.00000225. The molecular weight excluding hydrogens is 451 g/mol. The Morgan fingerprint density at radius 3 is 2.76 bits per heavy atom. The van der Waals surface area contributed by atoms with Crippen LogP contribution in [0.5, 0.6) is 0 Å². The summed E-state index contributed by atoms with van der Waals surface area (Å²) >= 11 is 5.91. The smallest absolute Gasteiger partial charge is 0.191 e. The van der Waals surface area contributed by atoms with Gasteiger partial charge in [0.1, 0.15) is 5.82 Å². The molecule has 2 N–H and O–H groups in total. The second kappa shape index (κ2) is 9.96. The number of rotatable bonds is 5. The van der Waals surface area contributed by atoms with E-state index in [0.717, 1.165) is 47.7 Å². The van der Waals surface area contributed by atoms with Gasteiger partial charge in [-0.2, -0.15) is 0 Å². The quantitative estimate of drug-likeness (QED) is 0.397. The number of aromatic nitrogens is 3. The van der Waals surface area contributed by atoms with Crippen molar-refractivity contribution in [2.45, 2.75) is 45.8 Å². The number of nitrogens with one attached hydrogen (secondary N) is 2. The molecule has 0 unspecified atom stereocenters. The summed E-state index contributed by atoms with van der Waals surface area (Å²) in [6.45, 7) is 5.10. The minimum absolute atomic E-state index is 0. The fourth-order valence-electron chi connectivity index (χ4n) is 2.76. The molecule has 0 radical (unpaired) electrons. The molecule has 8 heteroatoms. The third-order valence-corrected chi connectivity index (χ3v) is 4.28. The van der Waals surface area contributed by atoms with Gasteiger partial charge in [-0.15, -0.1) is 34.2 Å². The second-order valence-electron chi connectivity index (χ2n) is 5.82. The molecule has 0 bridgehead atoms. The highest BCUT2D eigenvalue weighted by atomic mass is 127. The van der Waals surface area contributed by atoms with Gasteiger partial charge in [0.2, 0.25) is 0 Å². The number of benzene rings is 1. The van der Waals surface area contributed by atoms with Gasteiger partial charge in [-0.25, -0.2) is 4.99 Å². The van der Waals surface area contributed by atoms with Gasteiger partial charge in [-0.3, -0.25) is 0 Å². The molecule has 0 aliphatic carbocycles. The van der Waals surface area contributed by atoms with Crippen molar-refractivity contribution < 1.29 is 0 Å². The number of aliphatic imine (C=N–C) groups is 1. The second-order valence-corrected chi connectivity index (χ2v) is 6.25. The lowest BCUT2D eigenvalue weighted by atomic mass is 10.2. The van der Waals surface area contributed by atoms with Crippen LogP contribution in [-0.2, 0) is 26.1 Å². The molecule has 0 fully saturated rings. The molecule has 1 aromatic carbocycles. The van der Waals surface area contributed by atoms with Gasteiger partial charge < -0.3 is 15.2 Å². The molecule has 3 rings (SSSR count). The van der Waals surface area contributed by atoms with Crippen molar-refractivity contribution in [2.75, 3.05) is 6.54 Å². The monoisotopic (exact) mass is 474 g/mol. The first-order valence-electron chi connectivity index (χ1n) is 8.44.